The van der Waals surface area contributed by atoms with Gasteiger partial charge in [0.05, 0.1) is 67.5 Å². The number of rotatable bonds is 11. The predicted molar refractivity (Wildman–Crippen MR) is 258 cm³/mol. The average molecular weight is 989 g/mol. The molecule has 0 aliphatic carbocycles. The molecule has 20 heteroatoms. The molecule has 17 nitrogen and oxygen atoms in total. The maximum atomic E-state index is 14.7. The van der Waals surface area contributed by atoms with Gasteiger partial charge in [-0.1, -0.05) is 29.8 Å². The monoisotopic (exact) mass is 988 g/mol. The first-order chi connectivity index (χ1) is 34.1. The third-order valence-electron chi connectivity index (χ3n) is 11.5. The Balaban J connectivity index is 0.000000173. The van der Waals surface area contributed by atoms with Gasteiger partial charge in [-0.25, -0.2) is 18.7 Å². The van der Waals surface area contributed by atoms with E-state index in [-0.39, 0.29) is 41.2 Å². The molecule has 0 spiro atoms. The van der Waals surface area contributed by atoms with E-state index in [1.807, 2.05) is 66.3 Å². The van der Waals surface area contributed by atoms with Crippen LogP contribution in [-0.2, 0) is 29.2 Å². The number of benzene rings is 3. The van der Waals surface area contributed by atoms with Crippen molar-refractivity contribution in [3.8, 4) is 22.9 Å². The van der Waals surface area contributed by atoms with E-state index in [9.17, 15) is 26.8 Å². The minimum atomic E-state index is -4.02. The molecule has 0 radical (unpaired) electrons. The zero-order valence-electron chi connectivity index (χ0n) is 39.8. The smallest absolute Gasteiger partial charge is 0.305 e. The summed E-state index contributed by atoms with van der Waals surface area (Å²) in [7, 11) is 1.54. The molecule has 0 bridgehead atoms. The van der Waals surface area contributed by atoms with E-state index in [0.717, 1.165) is 17.0 Å². The summed E-state index contributed by atoms with van der Waals surface area (Å²) in [6.07, 6.45) is 7.94. The van der Waals surface area contributed by atoms with Gasteiger partial charge in [-0.05, 0) is 82.1 Å². The number of carbonyl (C=O) groups is 2. The maximum Gasteiger partial charge on any atom is 0.305 e. The highest BCUT2D eigenvalue weighted by atomic mass is 32.2. The zero-order valence-corrected chi connectivity index (χ0v) is 40.6. The summed E-state index contributed by atoms with van der Waals surface area (Å²) in [6.45, 7) is 5.63. The number of aliphatic imine (C=N–C) groups is 2. The fraction of sp³-hybridized carbons (Fsp3) is 0.255. The van der Waals surface area contributed by atoms with Crippen molar-refractivity contribution < 1.29 is 50.3 Å². The minimum Gasteiger partial charge on any atom is -0.494 e. The summed E-state index contributed by atoms with van der Waals surface area (Å²) in [5.74, 6) is -0.120. The van der Waals surface area contributed by atoms with Crippen LogP contribution in [0.3, 0.4) is 0 Å². The van der Waals surface area contributed by atoms with E-state index < -0.39 is 33.8 Å². The molecule has 71 heavy (non-hydrogen) atoms. The Morgan fingerprint density at radius 1 is 0.620 bits per heavy atom. The number of nitrogens with zero attached hydrogens (tertiary/aromatic N) is 8. The number of aromatic nitrogens is 6. The van der Waals surface area contributed by atoms with Crippen molar-refractivity contribution in [3.05, 3.63) is 172 Å². The molecule has 3 aromatic carbocycles. The van der Waals surface area contributed by atoms with E-state index in [4.69, 9.17) is 33.5 Å². The minimum absolute atomic E-state index is 0.0666. The summed E-state index contributed by atoms with van der Waals surface area (Å²) < 4.78 is 82.7. The summed E-state index contributed by atoms with van der Waals surface area (Å²) in [5, 5.41) is 0. The number of halogens is 2. The molecule has 9 rings (SSSR count). The molecule has 368 valence electrons. The first kappa shape index (κ1) is 50.9. The summed E-state index contributed by atoms with van der Waals surface area (Å²) in [6, 6.07) is 22.3. The van der Waals surface area contributed by atoms with Crippen molar-refractivity contribution in [2.24, 2.45) is 9.98 Å². The Kier molecular flexibility index (Phi) is 15.9. The summed E-state index contributed by atoms with van der Waals surface area (Å²) >= 11 is 0. The van der Waals surface area contributed by atoms with Crippen LogP contribution >= 0.6 is 0 Å². The highest BCUT2D eigenvalue weighted by molar-refractivity contribution is 7.85. The van der Waals surface area contributed by atoms with E-state index in [0.29, 0.717) is 69.8 Å². The van der Waals surface area contributed by atoms with Gasteiger partial charge < -0.3 is 18.9 Å². The van der Waals surface area contributed by atoms with Gasteiger partial charge >= 0.3 is 11.9 Å². The number of esters is 2. The predicted octanol–water partition coefficient (Wildman–Crippen LogP) is 8.38. The van der Waals surface area contributed by atoms with Crippen LogP contribution in [0.5, 0.6) is 11.5 Å². The average Bonchev–Trinajstić information content (AvgIpc) is 3.88. The van der Waals surface area contributed by atoms with Crippen LogP contribution in [0.25, 0.3) is 11.4 Å². The van der Waals surface area contributed by atoms with Crippen molar-refractivity contribution in [2.45, 2.75) is 63.4 Å². The van der Waals surface area contributed by atoms with Crippen LogP contribution < -0.4 is 9.47 Å². The summed E-state index contributed by atoms with van der Waals surface area (Å²) in [5.41, 5.74) is 7.62. The Bertz CT molecular complexity index is 3060. The van der Waals surface area contributed by atoms with E-state index in [1.54, 1.807) is 49.1 Å². The third kappa shape index (κ3) is 11.4. The normalized spacial score (nSPS) is 14.4. The quantitative estimate of drug-likeness (QED) is 0.0955. The molecule has 0 saturated heterocycles. The van der Waals surface area contributed by atoms with Crippen LogP contribution in [0.4, 0.5) is 8.78 Å². The van der Waals surface area contributed by atoms with E-state index in [2.05, 4.69) is 19.9 Å². The molecule has 2 aliphatic heterocycles. The Morgan fingerprint density at radius 2 is 1.04 bits per heavy atom. The first-order valence-electron chi connectivity index (χ1n) is 22.1. The topological polar surface area (TPSA) is 212 Å². The van der Waals surface area contributed by atoms with Gasteiger partial charge in [0, 0.05) is 72.3 Å². The number of aryl methyl sites for hydroxylation is 3. The second-order valence-corrected chi connectivity index (χ2v) is 17.6. The second kappa shape index (κ2) is 22.2. The molecule has 6 heterocycles. The lowest BCUT2D eigenvalue weighted by Crippen LogP contribution is -2.10. The van der Waals surface area contributed by atoms with Crippen molar-refractivity contribution in [1.29, 1.82) is 0 Å². The van der Waals surface area contributed by atoms with Crippen molar-refractivity contribution >= 4 is 33.5 Å². The Hall–Kier alpha value is -7.97. The molecule has 0 unspecified atom stereocenters. The van der Waals surface area contributed by atoms with Crippen LogP contribution in [0, 0.1) is 32.4 Å². The molecule has 2 atom stereocenters. The second-order valence-electron chi connectivity index (χ2n) is 16.1. The number of carbonyl (C=O) groups excluding carboxylic acids is 2. The van der Waals surface area contributed by atoms with Gasteiger partial charge in [-0.3, -0.25) is 43.2 Å². The molecule has 0 fully saturated rings. The first-order valence-corrected chi connectivity index (χ1v) is 23.5. The lowest BCUT2D eigenvalue weighted by molar-refractivity contribution is -0.141. The number of methoxy groups -OCH3 is 4. The molecule has 2 aliphatic rings. The lowest BCUT2D eigenvalue weighted by Gasteiger charge is -2.15. The fourth-order valence-corrected chi connectivity index (χ4v) is 8.43. The van der Waals surface area contributed by atoms with Crippen LogP contribution in [0.15, 0.2) is 125 Å². The van der Waals surface area contributed by atoms with Gasteiger partial charge in [0.15, 0.2) is 23.1 Å². The molecule has 7 aromatic rings. The van der Waals surface area contributed by atoms with E-state index in [1.165, 1.54) is 52.7 Å². The largest absolute Gasteiger partial charge is 0.494 e. The van der Waals surface area contributed by atoms with Crippen LogP contribution in [0.1, 0.15) is 88.9 Å². The molecular weight excluding hydrogens is 939 g/mol. The fourth-order valence-electron chi connectivity index (χ4n) is 7.95. The zero-order chi connectivity index (χ0) is 51.0. The van der Waals surface area contributed by atoms with Gasteiger partial charge in [0.1, 0.15) is 23.7 Å². The lowest BCUT2D eigenvalue weighted by atomic mass is 10.0. The Labute approximate surface area is 408 Å². The number of ether oxygens (including phenoxy) is 4. The summed E-state index contributed by atoms with van der Waals surface area (Å²) in [4.78, 5) is 51.3. The number of pyridine rings is 2. The van der Waals surface area contributed by atoms with Crippen molar-refractivity contribution in [3.63, 3.8) is 0 Å². The van der Waals surface area contributed by atoms with Gasteiger partial charge in [-0.2, -0.15) is 8.42 Å². The Morgan fingerprint density at radius 3 is 1.39 bits per heavy atom. The molecule has 4 aromatic heterocycles. The number of fused-ring (bicyclic) bond motifs is 6. The SMILES string of the molecule is COC(=O)CC[C@@H]1N=C(c2ccccn2)c2cc(OC)c(F)cc2-n2c(C)cnc21.COC(=O)CC[C@@H]1N=C(c2ccccn2)c2cc(OC)c(F)cc2-n2c(C)cnc21.Cc1ccc(S(=O)(=O)O)cc1. The number of imidazole rings is 2. The van der Waals surface area contributed by atoms with Crippen LogP contribution in [0.2, 0.25) is 0 Å². The van der Waals surface area contributed by atoms with Gasteiger partial charge in [-0.15, -0.1) is 0 Å². The molecule has 1 N–H and O–H groups in total. The highest BCUT2D eigenvalue weighted by Gasteiger charge is 2.31. The molecule has 0 saturated carbocycles. The maximum absolute atomic E-state index is 14.7. The third-order valence-corrected chi connectivity index (χ3v) is 12.3. The van der Waals surface area contributed by atoms with Crippen LogP contribution in [-0.4, -0.2) is 93.8 Å². The highest BCUT2D eigenvalue weighted by Crippen LogP contribution is 2.38. The van der Waals surface area contributed by atoms with Gasteiger partial charge in [0.2, 0.25) is 0 Å². The molecule has 0 amide bonds. The number of hydrogen-bond donors (Lipinski definition) is 1. The standard InChI is InChI=1S/2C22H21FN4O3.C7H8O3S/c2*1-13-12-25-22-17(7-8-20(28)30-3)26-21(16-6-4-5-9-24-16)14-10-19(29-2)15(23)11-18(14)27(13)22;1-6-2-4-7(5-3-6)11(8,9)10/h2*4-6,9-12,17H,7-8H2,1-3H3;2-5H,1H3,(H,8,9,10)/t2*17-;/m00./s1. The van der Waals surface area contributed by atoms with Crippen molar-refractivity contribution in [1.82, 2.24) is 29.1 Å². The van der Waals surface area contributed by atoms with Crippen molar-refractivity contribution in [2.75, 3.05) is 28.4 Å². The van der Waals surface area contributed by atoms with E-state index >= 15 is 0 Å². The van der Waals surface area contributed by atoms with Gasteiger partial charge in [0.25, 0.3) is 10.1 Å². The number of hydrogen-bond acceptors (Lipinski definition) is 14. The molecular formula is C51H50F2N8O9S.